The maximum atomic E-state index is 12.4. The Kier molecular flexibility index (Phi) is 6.02. The maximum Gasteiger partial charge on any atom is 0.222 e. The Bertz CT molecular complexity index is 391. The molecule has 5 heteroatoms. The van der Waals surface area contributed by atoms with Gasteiger partial charge in [-0.3, -0.25) is 4.79 Å². The number of likely N-dealkylation sites (tertiary alicyclic amines) is 1. The minimum Gasteiger partial charge on any atom is -0.340 e. The van der Waals surface area contributed by atoms with Gasteiger partial charge in [-0.05, 0) is 38.5 Å². The molecule has 112 valence electrons. The highest BCUT2D eigenvalue weighted by atomic mass is 16.2. The van der Waals surface area contributed by atoms with Crippen molar-refractivity contribution in [2.45, 2.75) is 70.8 Å². The van der Waals surface area contributed by atoms with Gasteiger partial charge < -0.3 is 4.90 Å². The quantitative estimate of drug-likeness (QED) is 0.814. The van der Waals surface area contributed by atoms with E-state index in [0.717, 1.165) is 37.9 Å². The third-order valence-electron chi connectivity index (χ3n) is 4.21. The highest BCUT2D eigenvalue weighted by Gasteiger charge is 2.23. The fraction of sp³-hybridized carbons (Fsp3) is 0.800. The van der Waals surface area contributed by atoms with Crippen molar-refractivity contribution in [1.82, 2.24) is 20.3 Å². The first kappa shape index (κ1) is 15.0. The summed E-state index contributed by atoms with van der Waals surface area (Å²) in [5.41, 5.74) is 0.985. The van der Waals surface area contributed by atoms with Crippen molar-refractivity contribution in [3.63, 3.8) is 0 Å². The van der Waals surface area contributed by atoms with E-state index in [1.807, 2.05) is 0 Å². The first-order valence-corrected chi connectivity index (χ1v) is 7.95. The van der Waals surface area contributed by atoms with Crippen LogP contribution < -0.4 is 0 Å². The van der Waals surface area contributed by atoms with Crippen LogP contribution in [0.5, 0.6) is 0 Å². The van der Waals surface area contributed by atoms with Crippen LogP contribution in [0.2, 0.25) is 0 Å². The minimum absolute atomic E-state index is 0.346. The fourth-order valence-corrected chi connectivity index (χ4v) is 3.00. The van der Waals surface area contributed by atoms with E-state index in [1.165, 1.54) is 25.7 Å². The lowest BCUT2D eigenvalue weighted by molar-refractivity contribution is -0.133. The number of H-pyrrole nitrogens is 1. The third kappa shape index (κ3) is 4.32. The Morgan fingerprint density at radius 3 is 3.05 bits per heavy atom. The molecular formula is C15H26N4O. The van der Waals surface area contributed by atoms with Gasteiger partial charge in [0.2, 0.25) is 5.91 Å². The summed E-state index contributed by atoms with van der Waals surface area (Å²) in [5, 5.41) is 10.4. The standard InChI is InChI=1S/C15H26N4O/c1-2-14-9-4-3-7-11-19(14)15(20)10-6-5-8-13-12-16-18-17-13/h12,14H,2-11H2,1H3,(H,16,17,18). The predicted octanol–water partition coefficient (Wildman–Crippen LogP) is 2.70. The van der Waals surface area contributed by atoms with Gasteiger partial charge in [-0.1, -0.05) is 19.8 Å². The van der Waals surface area contributed by atoms with Crippen molar-refractivity contribution in [2.24, 2.45) is 0 Å². The smallest absolute Gasteiger partial charge is 0.222 e. The zero-order valence-corrected chi connectivity index (χ0v) is 12.5. The summed E-state index contributed by atoms with van der Waals surface area (Å²) >= 11 is 0. The second kappa shape index (κ2) is 8.02. The molecule has 0 aliphatic carbocycles. The molecular weight excluding hydrogens is 252 g/mol. The van der Waals surface area contributed by atoms with Gasteiger partial charge in [-0.25, -0.2) is 0 Å². The number of aromatic nitrogens is 3. The molecule has 1 fully saturated rings. The van der Waals surface area contributed by atoms with E-state index in [2.05, 4.69) is 27.2 Å². The van der Waals surface area contributed by atoms with E-state index in [4.69, 9.17) is 0 Å². The summed E-state index contributed by atoms with van der Waals surface area (Å²) in [4.78, 5) is 14.5. The molecule has 1 saturated heterocycles. The average molecular weight is 278 g/mol. The summed E-state index contributed by atoms with van der Waals surface area (Å²) in [6.07, 6.45) is 11.3. The normalized spacial score (nSPS) is 19.9. The van der Waals surface area contributed by atoms with E-state index in [1.54, 1.807) is 6.20 Å². The number of aryl methyl sites for hydroxylation is 1. The van der Waals surface area contributed by atoms with Crippen LogP contribution in [-0.4, -0.2) is 38.8 Å². The Labute approximate surface area is 121 Å². The van der Waals surface area contributed by atoms with Crippen molar-refractivity contribution in [3.8, 4) is 0 Å². The average Bonchev–Trinajstić information content (AvgIpc) is 2.86. The number of rotatable bonds is 6. The van der Waals surface area contributed by atoms with E-state index in [-0.39, 0.29) is 0 Å². The monoisotopic (exact) mass is 278 g/mol. The zero-order valence-electron chi connectivity index (χ0n) is 12.5. The number of nitrogens with one attached hydrogen (secondary N) is 1. The van der Waals surface area contributed by atoms with Crippen molar-refractivity contribution in [3.05, 3.63) is 11.9 Å². The molecule has 0 radical (unpaired) electrons. The van der Waals surface area contributed by atoms with Gasteiger partial charge in [-0.2, -0.15) is 15.4 Å². The maximum absolute atomic E-state index is 12.4. The number of amides is 1. The first-order valence-electron chi connectivity index (χ1n) is 7.95. The van der Waals surface area contributed by atoms with Crippen molar-refractivity contribution in [2.75, 3.05) is 6.54 Å². The first-order chi connectivity index (χ1) is 9.81. The second-order valence-corrected chi connectivity index (χ2v) is 5.67. The number of hydrogen-bond acceptors (Lipinski definition) is 3. The zero-order chi connectivity index (χ0) is 14.2. The molecule has 1 unspecified atom stereocenters. The van der Waals surface area contributed by atoms with Crippen LogP contribution in [0.25, 0.3) is 0 Å². The van der Waals surface area contributed by atoms with Gasteiger partial charge in [0, 0.05) is 19.0 Å². The summed E-state index contributed by atoms with van der Waals surface area (Å²) in [6.45, 7) is 3.15. The van der Waals surface area contributed by atoms with E-state index in [0.29, 0.717) is 18.4 Å². The molecule has 5 nitrogen and oxygen atoms in total. The Hall–Kier alpha value is -1.39. The Balaban J connectivity index is 1.72. The van der Waals surface area contributed by atoms with Crippen LogP contribution in [0.15, 0.2) is 6.20 Å². The van der Waals surface area contributed by atoms with E-state index < -0.39 is 0 Å². The van der Waals surface area contributed by atoms with Crippen LogP contribution in [0, 0.1) is 0 Å². The van der Waals surface area contributed by atoms with Gasteiger partial charge in [0.05, 0.1) is 11.9 Å². The van der Waals surface area contributed by atoms with Crippen LogP contribution >= 0.6 is 0 Å². The van der Waals surface area contributed by atoms with Crippen LogP contribution in [-0.2, 0) is 11.2 Å². The molecule has 0 bridgehead atoms. The molecule has 0 saturated carbocycles. The Morgan fingerprint density at radius 2 is 2.30 bits per heavy atom. The lowest BCUT2D eigenvalue weighted by Crippen LogP contribution is -2.39. The number of hydrogen-bond donors (Lipinski definition) is 1. The molecule has 20 heavy (non-hydrogen) atoms. The summed E-state index contributed by atoms with van der Waals surface area (Å²) < 4.78 is 0. The summed E-state index contributed by atoms with van der Waals surface area (Å²) in [7, 11) is 0. The molecule has 1 atom stereocenters. The SMILES string of the molecule is CCC1CCCCCN1C(=O)CCCCc1cn[nH]n1. The molecule has 2 rings (SSSR count). The topological polar surface area (TPSA) is 61.9 Å². The molecule has 1 amide bonds. The third-order valence-corrected chi connectivity index (χ3v) is 4.21. The van der Waals surface area contributed by atoms with E-state index in [9.17, 15) is 4.79 Å². The molecule has 1 aliphatic rings. The number of carbonyl (C=O) groups excluding carboxylic acids is 1. The fourth-order valence-electron chi connectivity index (χ4n) is 3.00. The van der Waals surface area contributed by atoms with Crippen molar-refractivity contribution >= 4 is 5.91 Å². The Morgan fingerprint density at radius 1 is 1.40 bits per heavy atom. The van der Waals surface area contributed by atoms with Gasteiger partial charge in [0.25, 0.3) is 0 Å². The lowest BCUT2D eigenvalue weighted by atomic mass is 10.1. The molecule has 0 spiro atoms. The summed E-state index contributed by atoms with van der Waals surface area (Å²) in [5.74, 6) is 0.346. The predicted molar refractivity (Wildman–Crippen MR) is 78.2 cm³/mol. The van der Waals surface area contributed by atoms with Gasteiger partial charge >= 0.3 is 0 Å². The van der Waals surface area contributed by atoms with Gasteiger partial charge in [0.15, 0.2) is 0 Å². The molecule has 1 N–H and O–H groups in total. The van der Waals surface area contributed by atoms with E-state index >= 15 is 0 Å². The lowest BCUT2D eigenvalue weighted by Gasteiger charge is -2.29. The van der Waals surface area contributed by atoms with Crippen LogP contribution in [0.1, 0.15) is 64.0 Å². The second-order valence-electron chi connectivity index (χ2n) is 5.67. The van der Waals surface area contributed by atoms with Gasteiger partial charge in [-0.15, -0.1) is 0 Å². The van der Waals surface area contributed by atoms with Crippen LogP contribution in [0.3, 0.4) is 0 Å². The number of unbranched alkanes of at least 4 members (excludes halogenated alkanes) is 1. The number of nitrogens with zero attached hydrogens (tertiary/aromatic N) is 3. The number of carbonyl (C=O) groups is 1. The largest absolute Gasteiger partial charge is 0.340 e. The highest BCUT2D eigenvalue weighted by molar-refractivity contribution is 5.76. The van der Waals surface area contributed by atoms with Crippen molar-refractivity contribution < 1.29 is 4.79 Å². The highest BCUT2D eigenvalue weighted by Crippen LogP contribution is 2.20. The number of aromatic amines is 1. The van der Waals surface area contributed by atoms with Gasteiger partial charge in [0.1, 0.15) is 0 Å². The summed E-state index contributed by atoms with van der Waals surface area (Å²) in [6, 6.07) is 0.473. The van der Waals surface area contributed by atoms with Crippen molar-refractivity contribution in [1.29, 1.82) is 0 Å². The molecule has 1 aromatic rings. The molecule has 2 heterocycles. The van der Waals surface area contributed by atoms with Crippen LogP contribution in [0.4, 0.5) is 0 Å². The molecule has 0 aromatic carbocycles. The molecule has 1 aromatic heterocycles. The molecule has 1 aliphatic heterocycles. The minimum atomic E-state index is 0.346.